The van der Waals surface area contributed by atoms with Crippen LogP contribution >= 0.6 is 0 Å². The molecule has 4 N–H and O–H groups in total. The minimum atomic E-state index is -0.152. The monoisotopic (exact) mass is 263 g/mol. The fourth-order valence-corrected chi connectivity index (χ4v) is 1.37. The van der Waals surface area contributed by atoms with Gasteiger partial charge in [-0.1, -0.05) is 18.2 Å². The molecule has 0 aliphatic carbocycles. The third-order valence-corrected chi connectivity index (χ3v) is 2.25. The maximum Gasteiger partial charge on any atom is 0.330 e. The summed E-state index contributed by atoms with van der Waals surface area (Å²) >= 11 is 0. The number of aromatic nitrogens is 3. The van der Waals surface area contributed by atoms with Gasteiger partial charge >= 0.3 is 12.0 Å². The van der Waals surface area contributed by atoms with Crippen molar-refractivity contribution in [3.8, 4) is 17.8 Å². The van der Waals surface area contributed by atoms with Crippen LogP contribution in [-0.4, -0.2) is 27.2 Å². The standard InChI is InChI=1S/C11H13N5O3/c1-18-10-13-9(16-12)14-11(15-10)19-8-5-3-2-4-7(8)6-17/h2-5,17H,6,12H2,1H3,(H,13,14,15,16). The summed E-state index contributed by atoms with van der Waals surface area (Å²) in [6.07, 6.45) is 0. The number of ether oxygens (including phenoxy) is 2. The second kappa shape index (κ2) is 5.94. The molecule has 0 unspecified atom stereocenters. The lowest BCUT2D eigenvalue weighted by molar-refractivity contribution is 0.275. The first-order valence-electron chi connectivity index (χ1n) is 5.40. The molecule has 0 saturated carbocycles. The molecule has 2 rings (SSSR count). The molecule has 0 atom stereocenters. The summed E-state index contributed by atoms with van der Waals surface area (Å²) in [5.41, 5.74) is 2.90. The number of methoxy groups -OCH3 is 1. The summed E-state index contributed by atoms with van der Waals surface area (Å²) in [6, 6.07) is 7.07. The Morgan fingerprint density at radius 2 is 1.95 bits per heavy atom. The zero-order valence-corrected chi connectivity index (χ0v) is 10.2. The Bertz CT molecular complexity index is 542. The van der Waals surface area contributed by atoms with Crippen LogP contribution in [0.4, 0.5) is 5.95 Å². The van der Waals surface area contributed by atoms with E-state index in [1.165, 1.54) is 7.11 Å². The molecule has 0 radical (unpaired) electrons. The van der Waals surface area contributed by atoms with Gasteiger partial charge in [0, 0.05) is 5.56 Å². The molecule has 8 nitrogen and oxygen atoms in total. The lowest BCUT2D eigenvalue weighted by atomic mass is 10.2. The van der Waals surface area contributed by atoms with E-state index in [2.05, 4.69) is 20.4 Å². The average Bonchev–Trinajstić information content (AvgIpc) is 2.47. The largest absolute Gasteiger partial charge is 0.467 e. The average molecular weight is 263 g/mol. The van der Waals surface area contributed by atoms with E-state index in [9.17, 15) is 5.11 Å². The van der Waals surface area contributed by atoms with Crippen LogP contribution in [-0.2, 0) is 6.61 Å². The van der Waals surface area contributed by atoms with Crippen molar-refractivity contribution < 1.29 is 14.6 Å². The molecule has 19 heavy (non-hydrogen) atoms. The number of aliphatic hydroxyl groups is 1. The highest BCUT2D eigenvalue weighted by Gasteiger charge is 2.10. The van der Waals surface area contributed by atoms with Gasteiger partial charge in [0.15, 0.2) is 0 Å². The second-order valence-electron chi connectivity index (χ2n) is 3.44. The first-order valence-corrected chi connectivity index (χ1v) is 5.40. The van der Waals surface area contributed by atoms with Gasteiger partial charge in [0.1, 0.15) is 5.75 Å². The topological polar surface area (TPSA) is 115 Å². The van der Waals surface area contributed by atoms with Gasteiger partial charge in [0.2, 0.25) is 5.95 Å². The van der Waals surface area contributed by atoms with Gasteiger partial charge in [-0.05, 0) is 6.07 Å². The fourth-order valence-electron chi connectivity index (χ4n) is 1.37. The maximum atomic E-state index is 9.21. The molecule has 0 aliphatic rings. The van der Waals surface area contributed by atoms with Gasteiger partial charge in [0.05, 0.1) is 13.7 Å². The zero-order valence-electron chi connectivity index (χ0n) is 10.2. The van der Waals surface area contributed by atoms with Crippen LogP contribution in [0.2, 0.25) is 0 Å². The smallest absolute Gasteiger partial charge is 0.330 e. The first kappa shape index (κ1) is 13.0. The minimum Gasteiger partial charge on any atom is -0.467 e. The van der Waals surface area contributed by atoms with Gasteiger partial charge in [0.25, 0.3) is 0 Å². The third kappa shape index (κ3) is 3.06. The molecule has 100 valence electrons. The number of nitrogens with two attached hydrogens (primary N) is 1. The Hall–Kier alpha value is -2.45. The van der Waals surface area contributed by atoms with Crippen molar-refractivity contribution in [3.63, 3.8) is 0 Å². The van der Waals surface area contributed by atoms with E-state index in [1.807, 2.05) is 0 Å². The Morgan fingerprint density at radius 1 is 1.21 bits per heavy atom. The highest BCUT2D eigenvalue weighted by atomic mass is 16.5. The lowest BCUT2D eigenvalue weighted by Crippen LogP contribution is -2.12. The molecule has 1 aromatic heterocycles. The van der Waals surface area contributed by atoms with Crippen molar-refractivity contribution in [2.24, 2.45) is 5.84 Å². The quantitative estimate of drug-likeness (QED) is 0.526. The molecule has 0 amide bonds. The second-order valence-corrected chi connectivity index (χ2v) is 3.44. The predicted octanol–water partition coefficient (Wildman–Crippen LogP) is 0.450. The molecule has 0 fully saturated rings. The van der Waals surface area contributed by atoms with E-state index < -0.39 is 0 Å². The van der Waals surface area contributed by atoms with Crippen LogP contribution < -0.4 is 20.7 Å². The Kier molecular flexibility index (Phi) is 4.06. The van der Waals surface area contributed by atoms with E-state index in [0.717, 1.165) is 0 Å². The fraction of sp³-hybridized carbons (Fsp3) is 0.182. The molecule has 0 bridgehead atoms. The molecule has 0 saturated heterocycles. The van der Waals surface area contributed by atoms with Gasteiger partial charge < -0.3 is 14.6 Å². The number of hydrogen-bond donors (Lipinski definition) is 3. The van der Waals surface area contributed by atoms with Crippen LogP contribution in [0.5, 0.6) is 17.8 Å². The number of hydrazine groups is 1. The zero-order chi connectivity index (χ0) is 13.7. The summed E-state index contributed by atoms with van der Waals surface area (Å²) in [5, 5.41) is 9.21. The van der Waals surface area contributed by atoms with Crippen molar-refractivity contribution in [1.29, 1.82) is 0 Å². The minimum absolute atomic E-state index is 0.0145. The Labute approximate surface area is 109 Å². The van der Waals surface area contributed by atoms with E-state index in [0.29, 0.717) is 11.3 Å². The number of rotatable bonds is 5. The van der Waals surface area contributed by atoms with Crippen molar-refractivity contribution in [3.05, 3.63) is 29.8 Å². The highest BCUT2D eigenvalue weighted by molar-refractivity contribution is 5.35. The van der Waals surface area contributed by atoms with Crippen molar-refractivity contribution in [2.75, 3.05) is 12.5 Å². The number of nitrogens with zero attached hydrogens (tertiary/aromatic N) is 3. The van der Waals surface area contributed by atoms with Gasteiger partial charge in [-0.2, -0.15) is 9.97 Å². The van der Waals surface area contributed by atoms with Gasteiger partial charge in [-0.25, -0.2) is 5.84 Å². The number of hydrogen-bond acceptors (Lipinski definition) is 8. The van der Waals surface area contributed by atoms with E-state index in [-0.39, 0.29) is 24.6 Å². The van der Waals surface area contributed by atoms with Crippen LogP contribution in [0.1, 0.15) is 5.56 Å². The molecule has 2 aromatic rings. The summed E-state index contributed by atoms with van der Waals surface area (Å²) in [5.74, 6) is 5.80. The maximum absolute atomic E-state index is 9.21. The summed E-state index contributed by atoms with van der Waals surface area (Å²) < 4.78 is 10.4. The molecule has 1 aromatic carbocycles. The number of anilines is 1. The summed E-state index contributed by atoms with van der Waals surface area (Å²) in [4.78, 5) is 11.7. The molecule has 1 heterocycles. The summed E-state index contributed by atoms with van der Waals surface area (Å²) in [7, 11) is 1.42. The predicted molar refractivity (Wildman–Crippen MR) is 66.6 cm³/mol. The number of nitrogen functional groups attached to an aromatic ring is 1. The molecule has 0 aliphatic heterocycles. The molecule has 0 spiro atoms. The molecular formula is C11H13N5O3. The number of benzene rings is 1. The van der Waals surface area contributed by atoms with E-state index >= 15 is 0 Å². The first-order chi connectivity index (χ1) is 9.26. The Balaban J connectivity index is 2.32. The molecular weight excluding hydrogens is 250 g/mol. The lowest BCUT2D eigenvalue weighted by Gasteiger charge is -2.09. The number of nitrogens with one attached hydrogen (secondary N) is 1. The SMILES string of the molecule is COc1nc(NN)nc(Oc2ccccc2CO)n1. The number of para-hydroxylation sites is 1. The van der Waals surface area contributed by atoms with Crippen molar-refractivity contribution in [2.45, 2.75) is 6.61 Å². The van der Waals surface area contributed by atoms with Crippen molar-refractivity contribution >= 4 is 5.95 Å². The highest BCUT2D eigenvalue weighted by Crippen LogP contribution is 2.24. The Morgan fingerprint density at radius 3 is 2.63 bits per heavy atom. The van der Waals surface area contributed by atoms with E-state index in [1.54, 1.807) is 24.3 Å². The van der Waals surface area contributed by atoms with Crippen LogP contribution in [0, 0.1) is 0 Å². The van der Waals surface area contributed by atoms with Crippen LogP contribution in [0.3, 0.4) is 0 Å². The number of aliphatic hydroxyl groups excluding tert-OH is 1. The van der Waals surface area contributed by atoms with Crippen LogP contribution in [0.25, 0.3) is 0 Å². The molecule has 8 heteroatoms. The van der Waals surface area contributed by atoms with E-state index in [4.69, 9.17) is 15.3 Å². The third-order valence-electron chi connectivity index (χ3n) is 2.25. The van der Waals surface area contributed by atoms with Gasteiger partial charge in [-0.3, -0.25) is 5.43 Å². The van der Waals surface area contributed by atoms with Crippen LogP contribution in [0.15, 0.2) is 24.3 Å². The summed E-state index contributed by atoms with van der Waals surface area (Å²) in [6.45, 7) is -0.152. The normalized spacial score (nSPS) is 10.1. The van der Waals surface area contributed by atoms with Crippen molar-refractivity contribution in [1.82, 2.24) is 15.0 Å². The van der Waals surface area contributed by atoms with Gasteiger partial charge in [-0.15, -0.1) is 4.98 Å².